The van der Waals surface area contributed by atoms with Crippen LogP contribution in [0, 0.1) is 4.91 Å². The largest absolute Gasteiger partial charge is 0.462 e. The third-order valence-electron chi connectivity index (χ3n) is 4.80. The van der Waals surface area contributed by atoms with Crippen LogP contribution in [0.2, 0.25) is 0 Å². The summed E-state index contributed by atoms with van der Waals surface area (Å²) in [5.74, 6) is 0.873. The zero-order valence-corrected chi connectivity index (χ0v) is 17.9. The minimum Gasteiger partial charge on any atom is -0.462 e. The number of hydrogen-bond donors (Lipinski definition) is 3. The minimum atomic E-state index is -0.358. The monoisotopic (exact) mass is 446 g/mol. The zero-order chi connectivity index (χ0) is 23.2. The second-order valence-corrected chi connectivity index (χ2v) is 6.96. The number of rotatable bonds is 9. The van der Waals surface area contributed by atoms with E-state index in [-0.39, 0.29) is 17.5 Å². The normalized spacial score (nSPS) is 10.7. The fraction of sp³-hybridized carbons (Fsp3) is 0.182. The Morgan fingerprint density at radius 3 is 2.64 bits per heavy atom. The van der Waals surface area contributed by atoms with E-state index in [1.54, 1.807) is 31.3 Å². The first kappa shape index (κ1) is 21.7. The van der Waals surface area contributed by atoms with Gasteiger partial charge in [0.1, 0.15) is 17.2 Å². The third kappa shape index (κ3) is 4.87. The smallest absolute Gasteiger partial charge is 0.338 e. The minimum absolute atomic E-state index is 0.0754. The number of ether oxygens (including phenoxy) is 1. The average Bonchev–Trinajstić information content (AvgIpc) is 3.31. The topological polar surface area (TPSA) is 149 Å². The lowest BCUT2D eigenvalue weighted by atomic mass is 10.1. The summed E-state index contributed by atoms with van der Waals surface area (Å²) < 4.78 is 6.88. The Kier molecular flexibility index (Phi) is 6.39. The summed E-state index contributed by atoms with van der Waals surface area (Å²) in [6.07, 6.45) is 3.52. The Morgan fingerprint density at radius 1 is 1.12 bits per heavy atom. The zero-order valence-electron chi connectivity index (χ0n) is 17.9. The quantitative estimate of drug-likeness (QED) is 0.199. The molecule has 0 aliphatic carbocycles. The van der Waals surface area contributed by atoms with Crippen LogP contribution in [0.5, 0.6) is 0 Å². The summed E-state index contributed by atoms with van der Waals surface area (Å²) in [5.41, 5.74) is 8.57. The van der Waals surface area contributed by atoms with Crippen LogP contribution < -0.4 is 16.4 Å². The highest BCUT2D eigenvalue weighted by Crippen LogP contribution is 2.23. The Hall–Kier alpha value is -4.54. The highest BCUT2D eigenvalue weighted by molar-refractivity contribution is 5.90. The van der Waals surface area contributed by atoms with E-state index in [0.29, 0.717) is 42.7 Å². The van der Waals surface area contributed by atoms with Crippen molar-refractivity contribution in [1.82, 2.24) is 19.4 Å². The van der Waals surface area contributed by atoms with E-state index in [4.69, 9.17) is 15.5 Å². The van der Waals surface area contributed by atoms with Gasteiger partial charge in [-0.3, -0.25) is 4.40 Å². The van der Waals surface area contributed by atoms with Gasteiger partial charge in [-0.2, -0.15) is 0 Å². The van der Waals surface area contributed by atoms with E-state index in [9.17, 15) is 9.70 Å². The molecule has 0 aliphatic rings. The summed E-state index contributed by atoms with van der Waals surface area (Å²) in [4.78, 5) is 35.7. The predicted molar refractivity (Wildman–Crippen MR) is 125 cm³/mol. The van der Waals surface area contributed by atoms with E-state index in [0.717, 1.165) is 11.2 Å². The highest BCUT2D eigenvalue weighted by atomic mass is 16.5. The van der Waals surface area contributed by atoms with Crippen molar-refractivity contribution in [1.29, 1.82) is 0 Å². The van der Waals surface area contributed by atoms with Crippen molar-refractivity contribution in [3.05, 3.63) is 65.3 Å². The molecule has 0 fully saturated rings. The van der Waals surface area contributed by atoms with Crippen molar-refractivity contribution in [2.24, 2.45) is 5.18 Å². The number of nitrogens with zero attached hydrogens (tertiary/aromatic N) is 5. The van der Waals surface area contributed by atoms with Crippen LogP contribution in [0.3, 0.4) is 0 Å². The van der Waals surface area contributed by atoms with Gasteiger partial charge in [0.15, 0.2) is 5.82 Å². The Morgan fingerprint density at radius 2 is 1.91 bits per heavy atom. The van der Waals surface area contributed by atoms with E-state index in [1.165, 1.54) is 6.07 Å². The molecule has 4 aromatic rings. The lowest BCUT2D eigenvalue weighted by Gasteiger charge is -2.12. The first-order valence-electron chi connectivity index (χ1n) is 10.3. The fourth-order valence-corrected chi connectivity index (χ4v) is 3.20. The van der Waals surface area contributed by atoms with Gasteiger partial charge >= 0.3 is 5.97 Å². The molecule has 4 rings (SSSR count). The van der Waals surface area contributed by atoms with Gasteiger partial charge in [-0.25, -0.2) is 19.7 Å². The molecular formula is C22H22N8O3. The van der Waals surface area contributed by atoms with Crippen LogP contribution in [0.15, 0.2) is 60.0 Å². The molecule has 0 amide bonds. The number of benzene rings is 1. The van der Waals surface area contributed by atoms with Crippen molar-refractivity contribution in [2.75, 3.05) is 36.1 Å². The van der Waals surface area contributed by atoms with Crippen molar-refractivity contribution in [2.45, 2.75) is 6.92 Å². The fourth-order valence-electron chi connectivity index (χ4n) is 3.20. The number of imidazole rings is 1. The number of nitrogens with two attached hydrogens (primary N) is 1. The molecule has 168 valence electrons. The van der Waals surface area contributed by atoms with Crippen molar-refractivity contribution in [3.63, 3.8) is 0 Å². The lowest BCUT2D eigenvalue weighted by molar-refractivity contribution is 0.0526. The van der Waals surface area contributed by atoms with Crippen LogP contribution in [-0.2, 0) is 4.74 Å². The second kappa shape index (κ2) is 9.73. The number of aromatic nitrogens is 4. The van der Waals surface area contributed by atoms with Crippen molar-refractivity contribution in [3.8, 4) is 11.3 Å². The molecule has 0 bridgehead atoms. The van der Waals surface area contributed by atoms with Gasteiger partial charge in [0.2, 0.25) is 5.95 Å². The van der Waals surface area contributed by atoms with Gasteiger partial charge in [0.25, 0.3) is 0 Å². The van der Waals surface area contributed by atoms with Gasteiger partial charge in [0, 0.05) is 37.1 Å². The number of nitrogen functional groups attached to an aromatic ring is 1. The summed E-state index contributed by atoms with van der Waals surface area (Å²) in [5, 5.41) is 9.22. The molecule has 0 saturated carbocycles. The summed E-state index contributed by atoms with van der Waals surface area (Å²) in [6.45, 7) is 3.15. The number of nitrogens with one attached hydrogen (secondary N) is 2. The number of nitroso groups, excluding NO2 is 1. The maximum Gasteiger partial charge on any atom is 0.338 e. The molecule has 0 spiro atoms. The molecule has 11 heteroatoms. The Labute approximate surface area is 189 Å². The standard InChI is InChI=1S/C22H22N8O3/c1-2-33-21(31)15-5-3-14(4-6-15)17-13-19-25-11-12-30(19)22(27-17)26-10-9-24-18-8-7-16(29-32)20(23)28-18/h3-8,11-13H,2,9-10H2,1H3,(H,26,27)(H3,23,24,28). The van der Waals surface area contributed by atoms with E-state index in [2.05, 4.69) is 25.8 Å². The van der Waals surface area contributed by atoms with E-state index in [1.807, 2.05) is 28.8 Å². The first-order valence-corrected chi connectivity index (χ1v) is 10.3. The van der Waals surface area contributed by atoms with Gasteiger partial charge in [-0.1, -0.05) is 12.1 Å². The van der Waals surface area contributed by atoms with Gasteiger partial charge in [-0.15, -0.1) is 4.91 Å². The molecule has 0 radical (unpaired) electrons. The SMILES string of the molecule is CCOC(=O)c1ccc(-c2cc3nccn3c(NCCNc3ccc(N=O)c(N)n3)n2)cc1. The van der Waals surface area contributed by atoms with E-state index >= 15 is 0 Å². The van der Waals surface area contributed by atoms with Crippen molar-refractivity contribution >= 4 is 34.9 Å². The molecule has 0 aliphatic heterocycles. The summed E-state index contributed by atoms with van der Waals surface area (Å²) in [7, 11) is 0. The second-order valence-electron chi connectivity index (χ2n) is 6.96. The summed E-state index contributed by atoms with van der Waals surface area (Å²) >= 11 is 0. The van der Waals surface area contributed by atoms with Crippen LogP contribution >= 0.6 is 0 Å². The predicted octanol–water partition coefficient (Wildman–Crippen LogP) is 3.47. The number of esters is 1. The van der Waals surface area contributed by atoms with Crippen LogP contribution in [0.1, 0.15) is 17.3 Å². The number of carbonyl (C=O) groups is 1. The molecule has 4 N–H and O–H groups in total. The number of hydrogen-bond acceptors (Lipinski definition) is 10. The van der Waals surface area contributed by atoms with Crippen LogP contribution in [0.4, 0.5) is 23.3 Å². The molecule has 3 heterocycles. The molecule has 0 atom stereocenters. The van der Waals surface area contributed by atoms with Crippen LogP contribution in [0.25, 0.3) is 16.9 Å². The van der Waals surface area contributed by atoms with Gasteiger partial charge in [0.05, 0.1) is 17.9 Å². The highest BCUT2D eigenvalue weighted by Gasteiger charge is 2.11. The number of carbonyl (C=O) groups excluding carboxylic acids is 1. The third-order valence-corrected chi connectivity index (χ3v) is 4.80. The van der Waals surface area contributed by atoms with Gasteiger partial charge < -0.3 is 21.1 Å². The maximum absolute atomic E-state index is 11.9. The molecule has 0 unspecified atom stereocenters. The molecular weight excluding hydrogens is 424 g/mol. The Bertz CT molecular complexity index is 1290. The molecule has 1 aromatic carbocycles. The number of anilines is 3. The van der Waals surface area contributed by atoms with E-state index < -0.39 is 0 Å². The lowest BCUT2D eigenvalue weighted by Crippen LogP contribution is -2.17. The van der Waals surface area contributed by atoms with Gasteiger partial charge in [-0.05, 0) is 36.4 Å². The number of fused-ring (bicyclic) bond motifs is 1. The molecule has 11 nitrogen and oxygen atoms in total. The molecule has 33 heavy (non-hydrogen) atoms. The van der Waals surface area contributed by atoms with Crippen LogP contribution in [-0.4, -0.2) is 45.0 Å². The summed E-state index contributed by atoms with van der Waals surface area (Å²) in [6, 6.07) is 12.1. The Balaban J connectivity index is 1.47. The first-order chi connectivity index (χ1) is 16.1. The van der Waals surface area contributed by atoms with Crippen molar-refractivity contribution < 1.29 is 9.53 Å². The molecule has 0 saturated heterocycles. The maximum atomic E-state index is 11.9. The average molecular weight is 446 g/mol. The number of pyridine rings is 1. The molecule has 3 aromatic heterocycles.